The number of anilines is 1. The minimum Gasteiger partial charge on any atom is -0.335 e. The Balaban J connectivity index is 1.40. The Bertz CT molecular complexity index is 1000. The van der Waals surface area contributed by atoms with Gasteiger partial charge in [-0.05, 0) is 42.7 Å². The first-order valence-electron chi connectivity index (χ1n) is 9.46. The molecule has 1 aromatic heterocycles. The van der Waals surface area contributed by atoms with Crippen LogP contribution in [0.4, 0.5) is 9.52 Å². The zero-order valence-electron chi connectivity index (χ0n) is 15.7. The summed E-state index contributed by atoms with van der Waals surface area (Å²) >= 11 is 1.30. The molecule has 148 valence electrons. The van der Waals surface area contributed by atoms with Crippen molar-refractivity contribution in [2.45, 2.75) is 25.3 Å². The molecule has 1 unspecified atom stereocenters. The molecular weight excluding hydrogens is 389 g/mol. The number of likely N-dealkylation sites (tertiary alicyclic amines) is 1. The standard InChI is InChI=1S/C22H20FN3O2S/c23-17-10-8-15(9-11-17)19-7-4-12-26(19)20(27)13-18-14-29-22(24-18)25-21(28)16-5-2-1-3-6-16/h1-3,5-6,8-11,14,19H,4,7,12-13H2,(H,24,25,28). The second-order valence-corrected chi connectivity index (χ2v) is 7.80. The summed E-state index contributed by atoms with van der Waals surface area (Å²) in [7, 11) is 0. The summed E-state index contributed by atoms with van der Waals surface area (Å²) < 4.78 is 13.2. The molecule has 0 radical (unpaired) electrons. The van der Waals surface area contributed by atoms with Crippen molar-refractivity contribution in [3.8, 4) is 0 Å². The van der Waals surface area contributed by atoms with E-state index in [-0.39, 0.29) is 30.1 Å². The third-order valence-electron chi connectivity index (χ3n) is 4.97. The molecule has 7 heteroatoms. The summed E-state index contributed by atoms with van der Waals surface area (Å²) in [4.78, 5) is 31.3. The van der Waals surface area contributed by atoms with Crippen LogP contribution in [0.25, 0.3) is 0 Å². The number of hydrogen-bond donors (Lipinski definition) is 1. The molecule has 1 saturated heterocycles. The van der Waals surface area contributed by atoms with E-state index in [1.54, 1.807) is 41.8 Å². The molecule has 5 nitrogen and oxygen atoms in total. The average Bonchev–Trinajstić information content (AvgIpc) is 3.39. The van der Waals surface area contributed by atoms with Crippen LogP contribution in [0.3, 0.4) is 0 Å². The Hall–Kier alpha value is -3.06. The molecule has 1 atom stereocenters. The highest BCUT2D eigenvalue weighted by molar-refractivity contribution is 7.14. The zero-order chi connectivity index (χ0) is 20.2. The number of nitrogens with one attached hydrogen (secondary N) is 1. The fraction of sp³-hybridized carbons (Fsp3) is 0.227. The summed E-state index contributed by atoms with van der Waals surface area (Å²) in [6.45, 7) is 0.683. The first-order valence-corrected chi connectivity index (χ1v) is 10.3. The number of nitrogens with zero attached hydrogens (tertiary/aromatic N) is 2. The van der Waals surface area contributed by atoms with Crippen LogP contribution in [0.2, 0.25) is 0 Å². The quantitative estimate of drug-likeness (QED) is 0.678. The van der Waals surface area contributed by atoms with Gasteiger partial charge in [-0.1, -0.05) is 30.3 Å². The normalized spacial score (nSPS) is 16.0. The highest BCUT2D eigenvalue weighted by atomic mass is 32.1. The summed E-state index contributed by atoms with van der Waals surface area (Å²) in [6.07, 6.45) is 1.96. The number of carbonyl (C=O) groups is 2. The number of amides is 2. The largest absolute Gasteiger partial charge is 0.335 e. The van der Waals surface area contributed by atoms with Gasteiger partial charge in [0.2, 0.25) is 5.91 Å². The van der Waals surface area contributed by atoms with Crippen LogP contribution < -0.4 is 5.32 Å². The molecule has 29 heavy (non-hydrogen) atoms. The highest BCUT2D eigenvalue weighted by Crippen LogP contribution is 2.32. The van der Waals surface area contributed by atoms with Crippen LogP contribution in [-0.4, -0.2) is 28.2 Å². The maximum atomic E-state index is 13.2. The topological polar surface area (TPSA) is 62.3 Å². The second kappa shape index (κ2) is 8.53. The summed E-state index contributed by atoms with van der Waals surface area (Å²) in [5.74, 6) is -0.519. The number of aromatic nitrogens is 1. The van der Waals surface area contributed by atoms with E-state index in [1.165, 1.54) is 23.5 Å². The molecule has 2 heterocycles. The third-order valence-corrected chi connectivity index (χ3v) is 5.77. The van der Waals surface area contributed by atoms with Crippen LogP contribution in [0.1, 0.15) is 40.5 Å². The first-order chi connectivity index (χ1) is 14.1. The van der Waals surface area contributed by atoms with Crippen LogP contribution >= 0.6 is 11.3 Å². The molecule has 0 aliphatic carbocycles. The lowest BCUT2D eigenvalue weighted by Gasteiger charge is -2.25. The summed E-state index contributed by atoms with van der Waals surface area (Å²) in [5.41, 5.74) is 2.14. The molecule has 2 amide bonds. The van der Waals surface area contributed by atoms with Gasteiger partial charge < -0.3 is 4.90 Å². The Morgan fingerprint density at radius 3 is 2.66 bits per heavy atom. The lowest BCUT2D eigenvalue weighted by molar-refractivity contribution is -0.131. The first kappa shape index (κ1) is 19.3. The van der Waals surface area contributed by atoms with E-state index in [4.69, 9.17) is 0 Å². The SMILES string of the molecule is O=C(Nc1nc(CC(=O)N2CCCC2c2ccc(F)cc2)cs1)c1ccccc1. The Labute approximate surface area is 172 Å². The maximum Gasteiger partial charge on any atom is 0.257 e. The number of carbonyl (C=O) groups excluding carboxylic acids is 2. The predicted octanol–water partition coefficient (Wildman–Crippen LogP) is 4.44. The number of hydrogen-bond acceptors (Lipinski definition) is 4. The Kier molecular flexibility index (Phi) is 5.67. The van der Waals surface area contributed by atoms with E-state index in [0.29, 0.717) is 22.9 Å². The van der Waals surface area contributed by atoms with E-state index in [9.17, 15) is 14.0 Å². The van der Waals surface area contributed by atoms with Crippen molar-refractivity contribution >= 4 is 28.3 Å². The molecule has 3 aromatic rings. The fourth-order valence-corrected chi connectivity index (χ4v) is 4.26. The minimum atomic E-state index is -0.280. The van der Waals surface area contributed by atoms with Crippen molar-refractivity contribution in [1.82, 2.24) is 9.88 Å². The van der Waals surface area contributed by atoms with Crippen molar-refractivity contribution < 1.29 is 14.0 Å². The molecule has 4 rings (SSSR count). The van der Waals surface area contributed by atoms with Crippen LogP contribution in [-0.2, 0) is 11.2 Å². The van der Waals surface area contributed by atoms with Crippen molar-refractivity contribution in [3.63, 3.8) is 0 Å². The zero-order valence-corrected chi connectivity index (χ0v) is 16.5. The molecule has 2 aromatic carbocycles. The molecule has 0 saturated carbocycles. The van der Waals surface area contributed by atoms with Crippen molar-refractivity contribution in [2.75, 3.05) is 11.9 Å². The van der Waals surface area contributed by atoms with E-state index in [2.05, 4.69) is 10.3 Å². The van der Waals surface area contributed by atoms with Gasteiger partial charge in [-0.15, -0.1) is 11.3 Å². The molecule has 0 bridgehead atoms. The molecular formula is C22H20FN3O2S. The van der Waals surface area contributed by atoms with Gasteiger partial charge >= 0.3 is 0 Å². The van der Waals surface area contributed by atoms with Gasteiger partial charge in [0.25, 0.3) is 5.91 Å². The molecule has 0 spiro atoms. The van der Waals surface area contributed by atoms with Crippen molar-refractivity contribution in [3.05, 3.63) is 82.6 Å². The van der Waals surface area contributed by atoms with Crippen LogP contribution in [0, 0.1) is 5.82 Å². The Morgan fingerprint density at radius 2 is 1.90 bits per heavy atom. The lowest BCUT2D eigenvalue weighted by Crippen LogP contribution is -2.31. The lowest BCUT2D eigenvalue weighted by atomic mass is 10.0. The number of rotatable bonds is 5. The predicted molar refractivity (Wildman–Crippen MR) is 110 cm³/mol. The molecule has 1 N–H and O–H groups in total. The number of thiazole rings is 1. The van der Waals surface area contributed by atoms with Crippen LogP contribution in [0.15, 0.2) is 60.0 Å². The van der Waals surface area contributed by atoms with Gasteiger partial charge in [-0.2, -0.15) is 0 Å². The summed E-state index contributed by atoms with van der Waals surface area (Å²) in [6, 6.07) is 15.2. The number of halogens is 1. The number of benzene rings is 2. The average molecular weight is 409 g/mol. The van der Waals surface area contributed by atoms with Gasteiger partial charge in [-0.3, -0.25) is 14.9 Å². The Morgan fingerprint density at radius 1 is 1.14 bits per heavy atom. The highest BCUT2D eigenvalue weighted by Gasteiger charge is 2.30. The van der Waals surface area contributed by atoms with E-state index in [0.717, 1.165) is 18.4 Å². The van der Waals surface area contributed by atoms with Gasteiger partial charge in [0.05, 0.1) is 18.2 Å². The maximum absolute atomic E-state index is 13.2. The third kappa shape index (κ3) is 4.51. The van der Waals surface area contributed by atoms with Gasteiger partial charge in [0.15, 0.2) is 5.13 Å². The molecule has 1 aliphatic heterocycles. The van der Waals surface area contributed by atoms with Crippen molar-refractivity contribution in [2.24, 2.45) is 0 Å². The van der Waals surface area contributed by atoms with Gasteiger partial charge in [0, 0.05) is 17.5 Å². The van der Waals surface area contributed by atoms with Gasteiger partial charge in [-0.25, -0.2) is 9.37 Å². The van der Waals surface area contributed by atoms with Crippen LogP contribution in [0.5, 0.6) is 0 Å². The van der Waals surface area contributed by atoms with E-state index in [1.807, 2.05) is 11.0 Å². The van der Waals surface area contributed by atoms with E-state index >= 15 is 0 Å². The summed E-state index contributed by atoms with van der Waals surface area (Å²) in [5, 5.41) is 5.03. The van der Waals surface area contributed by atoms with Crippen molar-refractivity contribution in [1.29, 1.82) is 0 Å². The molecule has 1 aliphatic rings. The minimum absolute atomic E-state index is 0.0111. The van der Waals surface area contributed by atoms with Gasteiger partial charge in [0.1, 0.15) is 5.82 Å². The monoisotopic (exact) mass is 409 g/mol. The fourth-order valence-electron chi connectivity index (χ4n) is 3.56. The molecule has 1 fully saturated rings. The van der Waals surface area contributed by atoms with E-state index < -0.39 is 0 Å². The second-order valence-electron chi connectivity index (χ2n) is 6.94. The smallest absolute Gasteiger partial charge is 0.257 e.